The summed E-state index contributed by atoms with van der Waals surface area (Å²) in [7, 11) is 0. The van der Waals surface area contributed by atoms with Gasteiger partial charge in [0.05, 0.1) is 30.3 Å². The summed E-state index contributed by atoms with van der Waals surface area (Å²) >= 11 is 1.35. The predicted molar refractivity (Wildman–Crippen MR) is 357 cm³/mol. The van der Waals surface area contributed by atoms with Crippen LogP contribution in [0.15, 0.2) is 47.8 Å². The Labute approximate surface area is 568 Å². The molecule has 4 rings (SSSR count). The normalized spacial score (nSPS) is 23.5. The molecule has 536 valence electrons. The van der Waals surface area contributed by atoms with E-state index in [1.165, 1.54) is 31.2 Å². The van der Waals surface area contributed by atoms with Crippen molar-refractivity contribution in [3.63, 3.8) is 0 Å². The number of primary amides is 1. The van der Waals surface area contributed by atoms with Gasteiger partial charge in [0, 0.05) is 43.5 Å². The molecule has 0 saturated carbocycles. The average Bonchev–Trinajstić information content (AvgIpc) is 1.86. The van der Waals surface area contributed by atoms with Crippen LogP contribution in [0, 0.1) is 23.7 Å². The molecule has 33 heteroatoms. The third-order valence-corrected chi connectivity index (χ3v) is 18.1. The van der Waals surface area contributed by atoms with Crippen LogP contribution in [0.25, 0.3) is 0 Å². The smallest absolute Gasteiger partial charge is 0.305 e. The molecule has 18 N–H and O–H groups in total. The van der Waals surface area contributed by atoms with E-state index in [9.17, 15) is 77.3 Å². The van der Waals surface area contributed by atoms with Gasteiger partial charge in [0.2, 0.25) is 70.9 Å². The minimum Gasteiger partial charge on any atom is -0.481 e. The van der Waals surface area contributed by atoms with Crippen LogP contribution in [0.4, 0.5) is 0 Å². The van der Waals surface area contributed by atoms with Crippen molar-refractivity contribution < 1.29 is 77.3 Å². The fraction of sp³-hybridized carbons (Fsp3) is 0.625. The van der Waals surface area contributed by atoms with Crippen LogP contribution in [-0.2, 0) is 80.0 Å². The highest BCUT2D eigenvalue weighted by atomic mass is 32.2. The van der Waals surface area contributed by atoms with Gasteiger partial charge in [-0.1, -0.05) is 105 Å². The number of imidazole rings is 1. The van der Waals surface area contributed by atoms with Crippen LogP contribution >= 0.6 is 11.8 Å². The highest BCUT2D eigenvalue weighted by Gasteiger charge is 2.39. The maximum absolute atomic E-state index is 14.7. The number of carbonyl (C=O) groups excluding carboxylic acids is 12. The molecule has 0 spiro atoms. The van der Waals surface area contributed by atoms with E-state index < -0.39 is 193 Å². The first-order chi connectivity index (χ1) is 45.8. The fourth-order valence-electron chi connectivity index (χ4n) is 10.4. The highest BCUT2D eigenvalue weighted by Crippen LogP contribution is 2.25. The van der Waals surface area contributed by atoms with E-state index >= 15 is 0 Å². The van der Waals surface area contributed by atoms with Crippen molar-refractivity contribution >= 4 is 99.6 Å². The maximum atomic E-state index is 14.7. The molecule has 32 nitrogen and oxygen atoms in total. The largest absolute Gasteiger partial charge is 0.481 e. The van der Waals surface area contributed by atoms with Gasteiger partial charge in [-0.15, -0.1) is 11.8 Å². The number of nitrogens with two attached hydrogens (primary N) is 2. The number of hydrogen-bond donors (Lipinski definition) is 16. The van der Waals surface area contributed by atoms with Gasteiger partial charge in [-0.2, -0.15) is 0 Å². The number of carbonyl (C=O) groups is 14. The fourth-order valence-corrected chi connectivity index (χ4v) is 11.6. The molecule has 2 aliphatic heterocycles. The number of nitrogens with zero attached hydrogens (tertiary/aromatic N) is 2. The lowest BCUT2D eigenvalue weighted by Gasteiger charge is -2.30. The molecule has 2 aliphatic rings. The molecule has 1 fully saturated rings. The summed E-state index contributed by atoms with van der Waals surface area (Å²) in [6, 6.07) is -8.18. The number of aromatic nitrogens is 2. The van der Waals surface area contributed by atoms with E-state index in [1.54, 1.807) is 58.0 Å². The number of aliphatic imine (C=N–C) groups is 1. The Bertz CT molecular complexity index is 3100. The molecule has 0 aliphatic carbocycles. The number of amides is 12. The molecule has 1 aromatic carbocycles. The van der Waals surface area contributed by atoms with Crippen LogP contribution in [0.2, 0.25) is 0 Å². The lowest BCUT2D eigenvalue weighted by Crippen LogP contribution is -2.62. The Morgan fingerprint density at radius 1 is 0.660 bits per heavy atom. The minimum atomic E-state index is -1.93. The number of carboxylic acids is 2. The molecule has 0 unspecified atom stereocenters. The van der Waals surface area contributed by atoms with Gasteiger partial charge in [0.25, 0.3) is 0 Å². The summed E-state index contributed by atoms with van der Waals surface area (Å²) in [5.41, 5.74) is 12.7. The Morgan fingerprint density at radius 3 is 1.86 bits per heavy atom. The molecule has 12 amide bonds. The monoisotopic (exact) mass is 1380 g/mol. The number of H-pyrrole nitrogens is 1. The summed E-state index contributed by atoms with van der Waals surface area (Å²) in [6.45, 7) is 15.4. The molecule has 1 saturated heterocycles. The van der Waals surface area contributed by atoms with E-state index in [0.717, 1.165) is 6.42 Å². The number of rotatable bonds is 28. The second-order valence-corrected chi connectivity index (χ2v) is 26.2. The second kappa shape index (κ2) is 39.9. The number of aliphatic carboxylic acids is 2. The van der Waals surface area contributed by atoms with Crippen LogP contribution in [-0.4, -0.2) is 193 Å². The molecule has 3 heterocycles. The molecule has 0 radical (unpaired) electrons. The van der Waals surface area contributed by atoms with Gasteiger partial charge in [-0.05, 0) is 68.3 Å². The SMILES string of the molecule is CC[C@@H](C)[C@@H]1NC(=O)[C@@H](C)NC(=O)[C@@H](NC(=O)[C@@H](NC(=O)[C@@H](CCC(=O)O)NC(=O)[C@H](CC(C)C)NC(=O)[C@H]2CSC([C@@H](N)[C@@H](C)CC)=N2)[C@H](C)CC)CCCCNC(=O)[C@H](CC(N)=O)NC(=O)[C@@H](CC(=O)O)NC(=O)[C@H](Cc2cnc[nH]2)NC(=O)[C@@H](Cc2ccccc2)NC1=O. The average molecular weight is 1380 g/mol. The van der Waals surface area contributed by atoms with E-state index in [2.05, 4.69) is 73.4 Å². The van der Waals surface area contributed by atoms with E-state index in [0.29, 0.717) is 22.7 Å². The number of thioether (sulfide) groups is 1. The third-order valence-electron chi connectivity index (χ3n) is 16.9. The Hall–Kier alpha value is -9.01. The van der Waals surface area contributed by atoms with Crippen molar-refractivity contribution in [2.24, 2.45) is 40.1 Å². The van der Waals surface area contributed by atoms with Crippen molar-refractivity contribution in [1.29, 1.82) is 0 Å². The first-order valence-electron chi connectivity index (χ1n) is 32.9. The zero-order chi connectivity index (χ0) is 72.2. The first kappa shape index (κ1) is 80.4. The highest BCUT2D eigenvalue weighted by molar-refractivity contribution is 8.14. The summed E-state index contributed by atoms with van der Waals surface area (Å²) in [6.07, 6.45) is 0.456. The van der Waals surface area contributed by atoms with Gasteiger partial charge in [0.1, 0.15) is 66.5 Å². The summed E-state index contributed by atoms with van der Waals surface area (Å²) in [5.74, 6) is -15.3. The summed E-state index contributed by atoms with van der Waals surface area (Å²) < 4.78 is 0. The number of benzene rings is 1. The molecule has 97 heavy (non-hydrogen) atoms. The Balaban J connectivity index is 1.72. The van der Waals surface area contributed by atoms with Crippen LogP contribution < -0.4 is 70.0 Å². The van der Waals surface area contributed by atoms with Crippen molar-refractivity contribution in [2.75, 3.05) is 12.3 Å². The zero-order valence-corrected chi connectivity index (χ0v) is 57.3. The van der Waals surface area contributed by atoms with E-state index in [-0.39, 0.29) is 69.1 Å². The van der Waals surface area contributed by atoms with E-state index in [1.807, 2.05) is 27.7 Å². The molecule has 1 aromatic heterocycles. The standard InChI is InChI=1S/C64H98N16O16S/c1-10-33(6)50(66)64-78-46(30-97-64)61(94)73-41(24-32(4)5)57(90)71-40(21-22-48(82)83)56(89)80-52(35(8)12-3)62(95)72-39-20-16-17-23-68-54(87)44(27-47(65)81)75-60(93)45(28-49(84)85)76-59(92)43(26-38-29-67-31-69-38)74-58(91)42(25-37-18-14-13-15-19-37)77-63(96)51(34(7)11-2)79-53(86)36(9)70-55(39)88/h13-15,18-19,29,31-36,39-46,50-52H,10-12,16-17,20-28,30,66H2,1-9H3,(H2,65,81)(H,67,69)(H,68,87)(H,70,88)(H,71,90)(H,72,95)(H,73,94)(H,74,91)(H,75,93)(H,76,92)(H,77,96)(H,79,86)(H,80,89)(H,82,83)(H,84,85)/t33-,34+,35+,36+,39-,40+,41-,42+,43-,44-,45+,46+,50-,51-,52-/m0/s1. The topological polar surface area (TPSA) is 505 Å². The van der Waals surface area contributed by atoms with E-state index in [4.69, 9.17) is 11.5 Å². The van der Waals surface area contributed by atoms with Crippen molar-refractivity contribution in [1.82, 2.24) is 68.5 Å². The molecular formula is C64H98N16O16S. The molecule has 15 atom stereocenters. The quantitative estimate of drug-likeness (QED) is 0.0466. The number of carboxylic acid groups (broad SMARTS) is 2. The molecular weight excluding hydrogens is 1280 g/mol. The Kier molecular flexibility index (Phi) is 33.1. The maximum Gasteiger partial charge on any atom is 0.305 e. The first-order valence-corrected chi connectivity index (χ1v) is 33.8. The summed E-state index contributed by atoms with van der Waals surface area (Å²) in [5, 5.41) is 48.7. The van der Waals surface area contributed by atoms with Gasteiger partial charge in [-0.3, -0.25) is 72.1 Å². The number of nitrogens with one attached hydrogen (secondary N) is 12. The lowest BCUT2D eigenvalue weighted by atomic mass is 9.96. The van der Waals surface area contributed by atoms with Gasteiger partial charge in [0.15, 0.2) is 0 Å². The van der Waals surface area contributed by atoms with Crippen LogP contribution in [0.5, 0.6) is 0 Å². The van der Waals surface area contributed by atoms with Gasteiger partial charge in [-0.25, -0.2) is 4.98 Å². The zero-order valence-electron chi connectivity index (χ0n) is 56.5. The third kappa shape index (κ3) is 26.5. The van der Waals surface area contributed by atoms with Crippen LogP contribution in [0.1, 0.15) is 144 Å². The van der Waals surface area contributed by atoms with Gasteiger partial charge < -0.3 is 85.1 Å². The number of hydrogen-bond acceptors (Lipinski definition) is 18. The molecule has 0 bridgehead atoms. The van der Waals surface area contributed by atoms with Crippen molar-refractivity contribution in [3.05, 3.63) is 54.1 Å². The lowest BCUT2D eigenvalue weighted by molar-refractivity contribution is -0.142. The minimum absolute atomic E-state index is 0.0160. The molecule has 2 aromatic rings. The van der Waals surface area contributed by atoms with Crippen LogP contribution in [0.3, 0.4) is 0 Å². The van der Waals surface area contributed by atoms with Crippen molar-refractivity contribution in [2.45, 2.75) is 218 Å². The second-order valence-electron chi connectivity index (χ2n) is 25.2. The summed E-state index contributed by atoms with van der Waals surface area (Å²) in [4.78, 5) is 205. The van der Waals surface area contributed by atoms with Gasteiger partial charge >= 0.3 is 11.9 Å². The number of aromatic amines is 1. The Morgan fingerprint density at radius 2 is 1.27 bits per heavy atom. The van der Waals surface area contributed by atoms with Crippen molar-refractivity contribution in [3.8, 4) is 0 Å². The predicted octanol–water partition coefficient (Wildman–Crippen LogP) is -1.40.